The predicted molar refractivity (Wildman–Crippen MR) is 62.1 cm³/mol. The third kappa shape index (κ3) is 2.33. The molecule has 16 heavy (non-hydrogen) atoms. The van der Waals surface area contributed by atoms with E-state index in [1.165, 1.54) is 6.21 Å². The maximum atomic E-state index is 10.4. The highest BCUT2D eigenvalue weighted by atomic mass is 16.2. The van der Waals surface area contributed by atoms with Gasteiger partial charge in [0.1, 0.15) is 0 Å². The summed E-state index contributed by atoms with van der Waals surface area (Å²) in [4.78, 5) is 14.5. The van der Waals surface area contributed by atoms with Crippen LogP contribution in [0.15, 0.2) is 41.6 Å². The van der Waals surface area contributed by atoms with Crippen molar-refractivity contribution in [2.24, 2.45) is 10.8 Å². The molecule has 3 N–H and O–H groups in total. The summed E-state index contributed by atoms with van der Waals surface area (Å²) in [5.41, 5.74) is 7.63. The number of aromatic nitrogens is 1. The Morgan fingerprint density at radius 3 is 2.88 bits per heavy atom. The Labute approximate surface area is 92.0 Å². The van der Waals surface area contributed by atoms with Gasteiger partial charge in [-0.05, 0) is 11.5 Å². The molecule has 5 nitrogen and oxygen atoms in total. The van der Waals surface area contributed by atoms with Crippen molar-refractivity contribution in [1.29, 1.82) is 0 Å². The lowest BCUT2D eigenvalue weighted by Gasteiger charge is -1.97. The van der Waals surface area contributed by atoms with Gasteiger partial charge in [-0.15, -0.1) is 0 Å². The number of nitrogens with one attached hydrogen (secondary N) is 1. The Bertz CT molecular complexity index is 550. The zero-order valence-electron chi connectivity index (χ0n) is 8.42. The number of rotatable bonds is 2. The predicted octanol–water partition coefficient (Wildman–Crippen LogP) is 1.24. The number of nitrogens with zero attached hydrogens (tertiary/aromatic N) is 2. The first-order valence-electron chi connectivity index (χ1n) is 4.69. The van der Waals surface area contributed by atoms with E-state index in [1.807, 2.05) is 30.3 Å². The van der Waals surface area contributed by atoms with Crippen LogP contribution in [0.4, 0.5) is 4.79 Å². The largest absolute Gasteiger partial charge is 0.350 e. The first kappa shape index (κ1) is 10.1. The van der Waals surface area contributed by atoms with Crippen LogP contribution in [0.1, 0.15) is 5.69 Å². The number of fused-ring (bicyclic) bond motifs is 1. The van der Waals surface area contributed by atoms with Gasteiger partial charge >= 0.3 is 6.03 Å². The minimum Gasteiger partial charge on any atom is -0.350 e. The summed E-state index contributed by atoms with van der Waals surface area (Å²) >= 11 is 0. The molecule has 0 bridgehead atoms. The number of primary amides is 1. The van der Waals surface area contributed by atoms with Crippen LogP contribution in [0.3, 0.4) is 0 Å². The first-order valence-corrected chi connectivity index (χ1v) is 4.69. The summed E-state index contributed by atoms with van der Waals surface area (Å²) < 4.78 is 0. The normalized spacial score (nSPS) is 10.8. The van der Waals surface area contributed by atoms with Gasteiger partial charge in [-0.1, -0.05) is 24.3 Å². The molecule has 5 heteroatoms. The van der Waals surface area contributed by atoms with Gasteiger partial charge in [0, 0.05) is 11.6 Å². The molecular formula is C11H10N4O. The number of hydrogen-bond donors (Lipinski definition) is 2. The number of hydrazone groups is 1. The van der Waals surface area contributed by atoms with E-state index in [-0.39, 0.29) is 0 Å². The molecule has 1 aromatic heterocycles. The lowest BCUT2D eigenvalue weighted by molar-refractivity contribution is 0.249. The zero-order chi connectivity index (χ0) is 11.4. The molecule has 0 fully saturated rings. The molecule has 0 aliphatic rings. The van der Waals surface area contributed by atoms with Gasteiger partial charge in [-0.2, -0.15) is 5.10 Å². The van der Waals surface area contributed by atoms with Gasteiger partial charge in [-0.3, -0.25) is 4.98 Å². The standard InChI is InChI=1S/C11H10N4O/c12-11(16)15-14-7-10-5-8-3-1-2-4-9(8)6-13-10/h1-7H,(H3,12,15,16)/b14-7+. The molecule has 1 heterocycles. The molecule has 0 unspecified atom stereocenters. The fraction of sp³-hybridized carbons (Fsp3) is 0. The summed E-state index contributed by atoms with van der Waals surface area (Å²) in [5, 5.41) is 5.76. The summed E-state index contributed by atoms with van der Waals surface area (Å²) in [5.74, 6) is 0. The summed E-state index contributed by atoms with van der Waals surface area (Å²) in [6.45, 7) is 0. The zero-order valence-corrected chi connectivity index (χ0v) is 8.42. The highest BCUT2D eigenvalue weighted by Gasteiger charge is 1.94. The number of pyridine rings is 1. The van der Waals surface area contributed by atoms with Crippen LogP contribution in [-0.4, -0.2) is 17.2 Å². The third-order valence-electron chi connectivity index (χ3n) is 2.02. The van der Waals surface area contributed by atoms with Gasteiger partial charge in [0.05, 0.1) is 11.9 Å². The second-order valence-corrected chi connectivity index (χ2v) is 3.19. The molecule has 2 rings (SSSR count). The van der Waals surface area contributed by atoms with Gasteiger partial charge in [-0.25, -0.2) is 10.2 Å². The van der Waals surface area contributed by atoms with E-state index in [9.17, 15) is 4.79 Å². The quantitative estimate of drug-likeness (QED) is 0.582. The van der Waals surface area contributed by atoms with Crippen molar-refractivity contribution in [2.45, 2.75) is 0 Å². The fourth-order valence-corrected chi connectivity index (χ4v) is 1.33. The van der Waals surface area contributed by atoms with Crippen molar-refractivity contribution in [2.75, 3.05) is 0 Å². The van der Waals surface area contributed by atoms with Crippen molar-refractivity contribution in [3.63, 3.8) is 0 Å². The van der Waals surface area contributed by atoms with E-state index < -0.39 is 6.03 Å². The SMILES string of the molecule is NC(=O)N/N=C/c1cc2ccccc2cn1. The number of urea groups is 1. The molecule has 2 amide bonds. The van der Waals surface area contributed by atoms with E-state index in [1.54, 1.807) is 6.20 Å². The molecule has 0 atom stereocenters. The second-order valence-electron chi connectivity index (χ2n) is 3.19. The number of benzene rings is 1. The van der Waals surface area contributed by atoms with Crippen molar-refractivity contribution >= 4 is 23.0 Å². The van der Waals surface area contributed by atoms with Crippen LogP contribution in [0.2, 0.25) is 0 Å². The Balaban J connectivity index is 2.26. The van der Waals surface area contributed by atoms with E-state index in [0.29, 0.717) is 5.69 Å². The van der Waals surface area contributed by atoms with Gasteiger partial charge in [0.2, 0.25) is 0 Å². The highest BCUT2D eigenvalue weighted by molar-refractivity contribution is 5.88. The van der Waals surface area contributed by atoms with E-state index in [4.69, 9.17) is 5.73 Å². The van der Waals surface area contributed by atoms with Gasteiger partial charge < -0.3 is 5.73 Å². The van der Waals surface area contributed by atoms with Crippen LogP contribution < -0.4 is 11.2 Å². The topological polar surface area (TPSA) is 80.4 Å². The Hall–Kier alpha value is -2.43. The van der Waals surface area contributed by atoms with Crippen molar-refractivity contribution in [3.05, 3.63) is 42.2 Å². The summed E-state index contributed by atoms with van der Waals surface area (Å²) in [7, 11) is 0. The minimum absolute atomic E-state index is 0.660. The number of carbonyl (C=O) groups excluding carboxylic acids is 1. The molecule has 2 aromatic rings. The lowest BCUT2D eigenvalue weighted by atomic mass is 10.1. The molecule has 0 radical (unpaired) electrons. The van der Waals surface area contributed by atoms with Crippen molar-refractivity contribution < 1.29 is 4.79 Å². The van der Waals surface area contributed by atoms with E-state index in [0.717, 1.165) is 10.8 Å². The maximum absolute atomic E-state index is 10.4. The Morgan fingerprint density at radius 2 is 2.12 bits per heavy atom. The van der Waals surface area contributed by atoms with Crippen LogP contribution in [-0.2, 0) is 0 Å². The van der Waals surface area contributed by atoms with Crippen LogP contribution in [0, 0.1) is 0 Å². The minimum atomic E-state index is -0.697. The number of carbonyl (C=O) groups is 1. The Morgan fingerprint density at radius 1 is 1.38 bits per heavy atom. The molecule has 0 aliphatic carbocycles. The third-order valence-corrected chi connectivity index (χ3v) is 2.02. The number of amides is 2. The summed E-state index contributed by atoms with van der Waals surface area (Å²) in [6.07, 6.45) is 3.19. The highest BCUT2D eigenvalue weighted by Crippen LogP contribution is 2.12. The summed E-state index contributed by atoms with van der Waals surface area (Å²) in [6, 6.07) is 9.04. The Kier molecular flexibility index (Phi) is 2.77. The monoisotopic (exact) mass is 214 g/mol. The van der Waals surface area contributed by atoms with Crippen molar-refractivity contribution in [1.82, 2.24) is 10.4 Å². The first-order chi connectivity index (χ1) is 7.75. The van der Waals surface area contributed by atoms with Crippen LogP contribution >= 0.6 is 0 Å². The van der Waals surface area contributed by atoms with E-state index in [2.05, 4.69) is 15.5 Å². The van der Waals surface area contributed by atoms with Crippen LogP contribution in [0.25, 0.3) is 10.8 Å². The molecule has 0 saturated heterocycles. The molecule has 0 aliphatic heterocycles. The van der Waals surface area contributed by atoms with Gasteiger partial charge in [0.25, 0.3) is 0 Å². The average molecular weight is 214 g/mol. The average Bonchev–Trinajstić information content (AvgIpc) is 2.28. The van der Waals surface area contributed by atoms with E-state index >= 15 is 0 Å². The molecule has 0 saturated carbocycles. The molecule has 0 spiro atoms. The maximum Gasteiger partial charge on any atom is 0.332 e. The number of hydrogen-bond acceptors (Lipinski definition) is 3. The molecule has 1 aromatic carbocycles. The second kappa shape index (κ2) is 4.39. The fourth-order valence-electron chi connectivity index (χ4n) is 1.33. The van der Waals surface area contributed by atoms with Crippen molar-refractivity contribution in [3.8, 4) is 0 Å². The smallest absolute Gasteiger partial charge is 0.332 e. The van der Waals surface area contributed by atoms with Crippen LogP contribution in [0.5, 0.6) is 0 Å². The lowest BCUT2D eigenvalue weighted by Crippen LogP contribution is -2.24. The molecule has 80 valence electrons. The molecular weight excluding hydrogens is 204 g/mol. The number of nitrogens with two attached hydrogens (primary N) is 1. The van der Waals surface area contributed by atoms with Gasteiger partial charge in [0.15, 0.2) is 0 Å².